The number of morpholine rings is 1. The third kappa shape index (κ3) is 2.45. The van der Waals surface area contributed by atoms with E-state index < -0.39 is 11.4 Å². The van der Waals surface area contributed by atoms with Crippen LogP contribution in [0.4, 0.5) is 0 Å². The Bertz CT molecular complexity index is 473. The monoisotopic (exact) mass is 275 g/mol. The lowest BCUT2D eigenvalue weighted by Crippen LogP contribution is -2.42. The minimum atomic E-state index is -0.676. The second-order valence-corrected chi connectivity index (χ2v) is 5.83. The molecule has 1 N–H and O–H groups in total. The normalized spacial score (nSPS) is 22.2. The molecule has 0 atom stereocenters. The first kappa shape index (κ1) is 13.6. The zero-order chi connectivity index (χ0) is 14.0. The zero-order valence-electron chi connectivity index (χ0n) is 11.7. The Balaban J connectivity index is 1.69. The van der Waals surface area contributed by atoms with E-state index in [1.54, 1.807) is 0 Å². The highest BCUT2D eigenvalue weighted by molar-refractivity contribution is 5.82. The Morgan fingerprint density at radius 2 is 1.85 bits per heavy atom. The van der Waals surface area contributed by atoms with E-state index in [9.17, 15) is 9.90 Å². The van der Waals surface area contributed by atoms with Crippen molar-refractivity contribution in [1.29, 1.82) is 0 Å². The van der Waals surface area contributed by atoms with Crippen LogP contribution in [0.1, 0.15) is 30.4 Å². The first-order valence-electron chi connectivity index (χ1n) is 7.34. The van der Waals surface area contributed by atoms with Gasteiger partial charge >= 0.3 is 5.97 Å². The summed E-state index contributed by atoms with van der Waals surface area (Å²) in [5.74, 6) is -0.676. The van der Waals surface area contributed by atoms with Gasteiger partial charge in [-0.1, -0.05) is 30.7 Å². The van der Waals surface area contributed by atoms with Crippen LogP contribution in [-0.2, 0) is 21.5 Å². The number of nitrogens with zero attached hydrogens (tertiary/aromatic N) is 1. The van der Waals surface area contributed by atoms with Gasteiger partial charge in [-0.15, -0.1) is 0 Å². The van der Waals surface area contributed by atoms with Crippen LogP contribution in [0.15, 0.2) is 24.3 Å². The lowest BCUT2D eigenvalue weighted by Gasteiger charge is -2.38. The third-order valence-corrected chi connectivity index (χ3v) is 4.63. The summed E-state index contributed by atoms with van der Waals surface area (Å²) in [5.41, 5.74) is 1.59. The molecule has 0 aromatic heterocycles. The largest absolute Gasteiger partial charge is 0.481 e. The van der Waals surface area contributed by atoms with E-state index in [-0.39, 0.29) is 0 Å². The number of rotatable bonds is 4. The summed E-state index contributed by atoms with van der Waals surface area (Å²) in [6, 6.07) is 8.16. The lowest BCUT2D eigenvalue weighted by molar-refractivity contribution is -0.147. The highest BCUT2D eigenvalue weighted by Gasteiger charge is 2.45. The minimum absolute atomic E-state index is 0.614. The summed E-state index contributed by atoms with van der Waals surface area (Å²) in [6.45, 7) is 4.48. The summed E-state index contributed by atoms with van der Waals surface area (Å²) in [4.78, 5) is 13.9. The third-order valence-electron chi connectivity index (χ3n) is 4.63. The van der Waals surface area contributed by atoms with Crippen LogP contribution in [0, 0.1) is 0 Å². The molecule has 1 aromatic carbocycles. The van der Waals surface area contributed by atoms with Gasteiger partial charge in [-0.25, -0.2) is 0 Å². The van der Waals surface area contributed by atoms with E-state index in [4.69, 9.17) is 4.74 Å². The number of hydrogen-bond acceptors (Lipinski definition) is 3. The molecule has 4 nitrogen and oxygen atoms in total. The van der Waals surface area contributed by atoms with E-state index in [0.717, 1.165) is 57.7 Å². The van der Waals surface area contributed by atoms with Gasteiger partial charge in [0.1, 0.15) is 0 Å². The molecule has 2 fully saturated rings. The van der Waals surface area contributed by atoms with Crippen molar-refractivity contribution in [3.05, 3.63) is 35.4 Å². The average Bonchev–Trinajstić information content (AvgIpc) is 2.40. The standard InChI is InChI=1S/C16H21NO3/c18-15(19)16(6-1-7-16)14-4-2-13(3-5-14)12-17-8-10-20-11-9-17/h2-5H,1,6-12H2,(H,18,19). The molecule has 0 unspecified atom stereocenters. The Morgan fingerprint density at radius 3 is 2.35 bits per heavy atom. The van der Waals surface area contributed by atoms with E-state index >= 15 is 0 Å². The number of aliphatic carboxylic acids is 1. The predicted molar refractivity (Wildman–Crippen MR) is 75.7 cm³/mol. The summed E-state index contributed by atoms with van der Waals surface area (Å²) >= 11 is 0. The number of carboxylic acids is 1. The van der Waals surface area contributed by atoms with Gasteiger partial charge in [-0.2, -0.15) is 0 Å². The molecule has 1 heterocycles. The maximum atomic E-state index is 11.5. The Morgan fingerprint density at radius 1 is 1.20 bits per heavy atom. The van der Waals surface area contributed by atoms with Gasteiger partial charge in [-0.05, 0) is 24.0 Å². The summed E-state index contributed by atoms with van der Waals surface area (Å²) in [6.07, 6.45) is 2.55. The predicted octanol–water partition coefficient (Wildman–Crippen LogP) is 2.03. The van der Waals surface area contributed by atoms with Crippen LogP contribution in [0.2, 0.25) is 0 Å². The average molecular weight is 275 g/mol. The topological polar surface area (TPSA) is 49.8 Å². The van der Waals surface area contributed by atoms with Crippen molar-refractivity contribution in [2.24, 2.45) is 0 Å². The van der Waals surface area contributed by atoms with Gasteiger partial charge in [0, 0.05) is 19.6 Å². The van der Waals surface area contributed by atoms with Crippen LogP contribution in [0.3, 0.4) is 0 Å². The fourth-order valence-corrected chi connectivity index (χ4v) is 3.10. The van der Waals surface area contributed by atoms with Gasteiger partial charge in [0.2, 0.25) is 0 Å². The number of carboxylic acid groups (broad SMARTS) is 1. The zero-order valence-corrected chi connectivity index (χ0v) is 11.7. The molecule has 1 aromatic rings. The van der Waals surface area contributed by atoms with Gasteiger partial charge in [0.15, 0.2) is 0 Å². The first-order valence-corrected chi connectivity index (χ1v) is 7.34. The minimum Gasteiger partial charge on any atom is -0.481 e. The van der Waals surface area contributed by atoms with E-state index in [0.29, 0.717) is 0 Å². The fourth-order valence-electron chi connectivity index (χ4n) is 3.10. The van der Waals surface area contributed by atoms with Gasteiger partial charge in [-0.3, -0.25) is 9.69 Å². The summed E-state index contributed by atoms with van der Waals surface area (Å²) in [7, 11) is 0. The second kappa shape index (κ2) is 5.54. The van der Waals surface area contributed by atoms with Crippen molar-refractivity contribution in [1.82, 2.24) is 4.90 Å². The number of carbonyl (C=O) groups is 1. The van der Waals surface area contributed by atoms with Crippen molar-refractivity contribution in [3.63, 3.8) is 0 Å². The van der Waals surface area contributed by atoms with Crippen molar-refractivity contribution in [3.8, 4) is 0 Å². The first-order chi connectivity index (χ1) is 9.71. The van der Waals surface area contributed by atoms with Crippen molar-refractivity contribution in [2.75, 3.05) is 26.3 Å². The maximum Gasteiger partial charge on any atom is 0.314 e. The molecule has 0 spiro atoms. The Hall–Kier alpha value is -1.39. The molecule has 4 heteroatoms. The SMILES string of the molecule is O=C(O)C1(c2ccc(CN3CCOCC3)cc2)CCC1. The van der Waals surface area contributed by atoms with Crippen LogP contribution in [0.5, 0.6) is 0 Å². The molecule has 2 aliphatic rings. The van der Waals surface area contributed by atoms with Crippen molar-refractivity contribution in [2.45, 2.75) is 31.2 Å². The number of benzene rings is 1. The molecule has 0 radical (unpaired) electrons. The molecule has 0 bridgehead atoms. The van der Waals surface area contributed by atoms with Gasteiger partial charge < -0.3 is 9.84 Å². The molecule has 20 heavy (non-hydrogen) atoms. The molecule has 0 amide bonds. The van der Waals surface area contributed by atoms with Crippen LogP contribution in [-0.4, -0.2) is 42.3 Å². The maximum absolute atomic E-state index is 11.5. The molecule has 1 saturated heterocycles. The van der Waals surface area contributed by atoms with E-state index in [1.165, 1.54) is 5.56 Å². The van der Waals surface area contributed by atoms with Crippen molar-refractivity contribution >= 4 is 5.97 Å². The molecular formula is C16H21NO3. The molecule has 1 saturated carbocycles. The van der Waals surface area contributed by atoms with Crippen molar-refractivity contribution < 1.29 is 14.6 Å². The summed E-state index contributed by atoms with van der Waals surface area (Å²) < 4.78 is 5.34. The van der Waals surface area contributed by atoms with Crippen LogP contribution < -0.4 is 0 Å². The van der Waals surface area contributed by atoms with Gasteiger partial charge in [0.05, 0.1) is 18.6 Å². The van der Waals surface area contributed by atoms with Crippen LogP contribution >= 0.6 is 0 Å². The lowest BCUT2D eigenvalue weighted by atomic mass is 9.64. The molecule has 1 aliphatic carbocycles. The van der Waals surface area contributed by atoms with E-state index in [1.807, 2.05) is 12.1 Å². The molecule has 1 aliphatic heterocycles. The fraction of sp³-hybridized carbons (Fsp3) is 0.562. The quantitative estimate of drug-likeness (QED) is 0.913. The second-order valence-electron chi connectivity index (χ2n) is 5.83. The number of ether oxygens (including phenoxy) is 1. The number of hydrogen-bond donors (Lipinski definition) is 1. The van der Waals surface area contributed by atoms with Crippen LogP contribution in [0.25, 0.3) is 0 Å². The highest BCUT2D eigenvalue weighted by Crippen LogP contribution is 2.43. The summed E-state index contributed by atoms with van der Waals surface area (Å²) in [5, 5.41) is 9.45. The Kier molecular flexibility index (Phi) is 3.76. The van der Waals surface area contributed by atoms with Gasteiger partial charge in [0.25, 0.3) is 0 Å². The smallest absolute Gasteiger partial charge is 0.314 e. The molecule has 108 valence electrons. The molecule has 3 rings (SSSR count). The Labute approximate surface area is 119 Å². The van der Waals surface area contributed by atoms with E-state index in [2.05, 4.69) is 17.0 Å². The molecular weight excluding hydrogens is 254 g/mol. The highest BCUT2D eigenvalue weighted by atomic mass is 16.5.